The number of hydrogen-bond acceptors (Lipinski definition) is 3. The number of carbonyl (C=O) groups excluding carboxylic acids is 2. The molecule has 1 aliphatic rings. The highest BCUT2D eigenvalue weighted by Crippen LogP contribution is 2.40. The summed E-state index contributed by atoms with van der Waals surface area (Å²) in [6.45, 7) is 0. The highest BCUT2D eigenvalue weighted by molar-refractivity contribution is 7.11. The van der Waals surface area contributed by atoms with E-state index in [0.29, 0.717) is 11.4 Å². The van der Waals surface area contributed by atoms with Crippen LogP contribution in [0.15, 0.2) is 90.5 Å². The molecule has 3 amide bonds. The summed E-state index contributed by atoms with van der Waals surface area (Å²) in [5.41, 5.74) is 2.14. The van der Waals surface area contributed by atoms with Crippen molar-refractivity contribution in [3.05, 3.63) is 101 Å². The Bertz CT molecular complexity index is 1020. The minimum Gasteiger partial charge on any atom is -0.275 e. The average Bonchev–Trinajstić information content (AvgIpc) is 3.36. The first-order valence-electron chi connectivity index (χ1n) is 8.51. The summed E-state index contributed by atoms with van der Waals surface area (Å²) < 4.78 is -0.509. The smallest absolute Gasteiger partial charge is 0.275 e. The fraction of sp³-hybridized carbons (Fsp3) is 0. The number of carbonyl (C=O) groups is 2. The Hall–Kier alpha value is -3.28. The highest BCUT2D eigenvalue weighted by Gasteiger charge is 2.54. The second kappa shape index (κ2) is 7.15. The lowest BCUT2D eigenvalue weighted by Crippen LogP contribution is -2.55. The summed E-state index contributed by atoms with van der Waals surface area (Å²) in [5, 5.41) is 4.68. The lowest BCUT2D eigenvalue weighted by molar-refractivity contribution is -0.120. The zero-order valence-electron chi connectivity index (χ0n) is 14.4. The molecule has 0 fully saturated rings. The number of thiophene rings is 1. The maximum absolute atomic E-state index is 13.4. The normalized spacial score (nSPS) is 19.1. The van der Waals surface area contributed by atoms with Gasteiger partial charge in [0.25, 0.3) is 0 Å². The lowest BCUT2D eigenvalue weighted by atomic mass is 10.1. The van der Waals surface area contributed by atoms with Crippen LogP contribution in [0.2, 0.25) is 0 Å². The van der Waals surface area contributed by atoms with E-state index in [-0.39, 0.29) is 11.9 Å². The van der Waals surface area contributed by atoms with Gasteiger partial charge in [0.15, 0.2) is 11.4 Å². The highest BCUT2D eigenvalue weighted by atomic mass is 32.1. The molecule has 1 atom stereocenters. The molecule has 4 rings (SSSR count). The summed E-state index contributed by atoms with van der Waals surface area (Å²) in [4.78, 5) is 27.3. The molecule has 1 aliphatic heterocycles. The van der Waals surface area contributed by atoms with Crippen LogP contribution in [0.1, 0.15) is 10.4 Å². The number of rotatable bonds is 4. The molecule has 2 aromatic carbocycles. The SMILES string of the molecule is O=C(/C=C/c1ccccc1)[N+]1(c2ccccc2)C(=O)NC=C1c1cccs1. The van der Waals surface area contributed by atoms with Crippen LogP contribution >= 0.6 is 11.3 Å². The molecule has 1 N–H and O–H groups in total. The number of urea groups is 1. The molecule has 5 heteroatoms. The van der Waals surface area contributed by atoms with Gasteiger partial charge in [-0.05, 0) is 23.1 Å². The number of quaternary nitrogens is 1. The monoisotopic (exact) mass is 373 g/mol. The van der Waals surface area contributed by atoms with Crippen LogP contribution in [-0.4, -0.2) is 11.9 Å². The molecule has 0 aliphatic carbocycles. The Morgan fingerprint density at radius 1 is 0.926 bits per heavy atom. The van der Waals surface area contributed by atoms with E-state index in [1.54, 1.807) is 24.4 Å². The van der Waals surface area contributed by atoms with Gasteiger partial charge in [-0.15, -0.1) is 15.8 Å². The maximum Gasteiger partial charge on any atom is 0.438 e. The van der Waals surface area contributed by atoms with Crippen LogP contribution in [0.4, 0.5) is 10.5 Å². The Morgan fingerprint density at radius 2 is 1.63 bits per heavy atom. The van der Waals surface area contributed by atoms with Gasteiger partial charge in [0.1, 0.15) is 0 Å². The average molecular weight is 373 g/mol. The van der Waals surface area contributed by atoms with E-state index in [9.17, 15) is 9.59 Å². The predicted octanol–water partition coefficient (Wildman–Crippen LogP) is 5.02. The van der Waals surface area contributed by atoms with Gasteiger partial charge < -0.3 is 0 Å². The van der Waals surface area contributed by atoms with Crippen LogP contribution in [0.25, 0.3) is 11.8 Å². The first-order valence-corrected chi connectivity index (χ1v) is 9.39. The Balaban J connectivity index is 1.85. The zero-order valence-corrected chi connectivity index (χ0v) is 15.2. The van der Waals surface area contributed by atoms with Gasteiger partial charge >= 0.3 is 11.9 Å². The maximum atomic E-state index is 13.4. The lowest BCUT2D eigenvalue weighted by Gasteiger charge is -2.27. The molecule has 3 aromatic rings. The first-order chi connectivity index (χ1) is 13.2. The molecule has 4 nitrogen and oxygen atoms in total. The third-order valence-corrected chi connectivity index (χ3v) is 5.36. The van der Waals surface area contributed by atoms with Crippen molar-refractivity contribution in [1.82, 2.24) is 9.80 Å². The first kappa shape index (κ1) is 17.1. The van der Waals surface area contributed by atoms with E-state index in [0.717, 1.165) is 10.4 Å². The van der Waals surface area contributed by atoms with E-state index in [1.807, 2.05) is 66.0 Å². The molecule has 132 valence electrons. The largest absolute Gasteiger partial charge is 0.438 e. The molecular weight excluding hydrogens is 356 g/mol. The van der Waals surface area contributed by atoms with Crippen LogP contribution in [0.3, 0.4) is 0 Å². The molecule has 1 aromatic heterocycles. The van der Waals surface area contributed by atoms with Crippen LogP contribution in [-0.2, 0) is 4.79 Å². The predicted molar refractivity (Wildman–Crippen MR) is 110 cm³/mol. The van der Waals surface area contributed by atoms with E-state index in [2.05, 4.69) is 5.32 Å². The molecule has 0 bridgehead atoms. The number of benzene rings is 2. The summed E-state index contributed by atoms with van der Waals surface area (Å²) in [6, 6.07) is 22.2. The van der Waals surface area contributed by atoms with Crippen LogP contribution in [0.5, 0.6) is 0 Å². The molecule has 0 saturated carbocycles. The Morgan fingerprint density at radius 3 is 2.30 bits per heavy atom. The number of nitrogens with one attached hydrogen (secondary N) is 1. The van der Waals surface area contributed by atoms with Crippen molar-refractivity contribution in [1.29, 1.82) is 0 Å². The van der Waals surface area contributed by atoms with Crippen molar-refractivity contribution >= 4 is 40.7 Å². The van der Waals surface area contributed by atoms with Gasteiger partial charge in [0.2, 0.25) is 0 Å². The van der Waals surface area contributed by atoms with Crippen molar-refractivity contribution in [3.8, 4) is 0 Å². The zero-order chi connectivity index (χ0) is 18.7. The van der Waals surface area contributed by atoms with E-state index < -0.39 is 4.48 Å². The standard InChI is InChI=1S/C22H16N2O2S/c25-21(14-13-17-8-3-1-4-9-17)24(18-10-5-2-6-11-18)19(16-23-22(24)26)20-12-7-15-27-20/h1-16H/p+1/b14-13+. The van der Waals surface area contributed by atoms with Gasteiger partial charge in [0, 0.05) is 18.2 Å². The van der Waals surface area contributed by atoms with Crippen molar-refractivity contribution in [3.63, 3.8) is 0 Å². The molecule has 1 unspecified atom stereocenters. The Labute approximate surface area is 161 Å². The fourth-order valence-electron chi connectivity index (χ4n) is 3.19. The molecule has 0 saturated heterocycles. The fourth-order valence-corrected chi connectivity index (χ4v) is 3.97. The minimum atomic E-state index is -0.509. The number of para-hydroxylation sites is 1. The number of nitrogens with zero attached hydrogens (tertiary/aromatic N) is 1. The summed E-state index contributed by atoms with van der Waals surface area (Å²) in [7, 11) is 0. The second-order valence-corrected chi connectivity index (χ2v) is 6.99. The van der Waals surface area contributed by atoms with Crippen molar-refractivity contribution in [2.75, 3.05) is 0 Å². The molecule has 2 heterocycles. The van der Waals surface area contributed by atoms with Crippen molar-refractivity contribution in [2.45, 2.75) is 0 Å². The van der Waals surface area contributed by atoms with Crippen LogP contribution < -0.4 is 9.80 Å². The number of imide groups is 1. The third-order valence-electron chi connectivity index (χ3n) is 4.46. The minimum absolute atomic E-state index is 0.320. The van der Waals surface area contributed by atoms with Gasteiger partial charge in [0.05, 0.1) is 11.1 Å². The van der Waals surface area contributed by atoms with Crippen molar-refractivity contribution in [2.24, 2.45) is 0 Å². The molecule has 0 spiro atoms. The van der Waals surface area contributed by atoms with Gasteiger partial charge in [-0.25, -0.2) is 9.59 Å². The third kappa shape index (κ3) is 2.93. The van der Waals surface area contributed by atoms with Gasteiger partial charge in [-0.1, -0.05) is 54.6 Å². The summed E-state index contributed by atoms with van der Waals surface area (Å²) in [5.74, 6) is -0.320. The summed E-state index contributed by atoms with van der Waals surface area (Å²) in [6.07, 6.45) is 4.85. The quantitative estimate of drug-likeness (QED) is 0.516. The number of amides is 3. The van der Waals surface area contributed by atoms with E-state index in [1.165, 1.54) is 17.4 Å². The van der Waals surface area contributed by atoms with Crippen molar-refractivity contribution < 1.29 is 9.59 Å². The molecule has 27 heavy (non-hydrogen) atoms. The van der Waals surface area contributed by atoms with E-state index >= 15 is 0 Å². The molecular formula is C22H17N2O2S+. The topological polar surface area (TPSA) is 46.2 Å². The van der Waals surface area contributed by atoms with Gasteiger partial charge in [-0.2, -0.15) is 0 Å². The van der Waals surface area contributed by atoms with Gasteiger partial charge in [-0.3, -0.25) is 5.32 Å². The summed E-state index contributed by atoms with van der Waals surface area (Å²) >= 11 is 1.50. The Kier molecular flexibility index (Phi) is 4.54. The molecule has 0 radical (unpaired) electrons. The second-order valence-electron chi connectivity index (χ2n) is 6.04. The van der Waals surface area contributed by atoms with E-state index in [4.69, 9.17) is 0 Å². The van der Waals surface area contributed by atoms with Crippen LogP contribution in [0, 0.1) is 0 Å². The number of hydrogen-bond donors (Lipinski definition) is 1.